The number of hydrogen-bond donors (Lipinski definition) is 0. The van der Waals surface area contributed by atoms with Gasteiger partial charge < -0.3 is 4.57 Å². The highest BCUT2D eigenvalue weighted by molar-refractivity contribution is 5.64. The van der Waals surface area contributed by atoms with E-state index in [0.717, 1.165) is 16.8 Å². The highest BCUT2D eigenvalue weighted by Gasteiger charge is 2.10. The average Bonchev–Trinajstić information content (AvgIpc) is 3.06. The molecule has 0 bridgehead atoms. The maximum atomic E-state index is 12.9. The van der Waals surface area contributed by atoms with Crippen LogP contribution in [-0.2, 0) is 6.54 Å². The van der Waals surface area contributed by atoms with Gasteiger partial charge in [0.2, 0.25) is 0 Å². The van der Waals surface area contributed by atoms with Crippen molar-refractivity contribution in [2.45, 2.75) is 20.4 Å². The Morgan fingerprint density at radius 1 is 1.08 bits per heavy atom. The Morgan fingerprint density at radius 3 is 2.76 bits per heavy atom. The minimum atomic E-state index is -0.0500. The average molecular weight is 330 g/mol. The molecule has 5 nitrogen and oxygen atoms in total. The van der Waals surface area contributed by atoms with Crippen molar-refractivity contribution in [2.75, 3.05) is 0 Å². The first-order valence-corrected chi connectivity index (χ1v) is 8.17. The van der Waals surface area contributed by atoms with E-state index in [4.69, 9.17) is 0 Å². The first-order chi connectivity index (χ1) is 12.1. The summed E-state index contributed by atoms with van der Waals surface area (Å²) in [6.45, 7) is 4.68. The van der Waals surface area contributed by atoms with Crippen LogP contribution in [0.25, 0.3) is 16.8 Å². The number of benzene rings is 1. The molecule has 3 aromatic heterocycles. The van der Waals surface area contributed by atoms with Crippen LogP contribution < -0.4 is 5.56 Å². The van der Waals surface area contributed by atoms with E-state index in [2.05, 4.69) is 42.1 Å². The van der Waals surface area contributed by atoms with Crippen LogP contribution in [0, 0.1) is 13.8 Å². The van der Waals surface area contributed by atoms with Crippen LogP contribution in [0.3, 0.4) is 0 Å². The molecule has 1 aromatic carbocycles. The van der Waals surface area contributed by atoms with Gasteiger partial charge in [0, 0.05) is 30.4 Å². The predicted octanol–water partition coefficient (Wildman–Crippen LogP) is 3.22. The van der Waals surface area contributed by atoms with Crippen molar-refractivity contribution in [3.8, 4) is 11.3 Å². The summed E-state index contributed by atoms with van der Waals surface area (Å²) < 4.78 is 3.36. The molecule has 0 saturated carbocycles. The van der Waals surface area contributed by atoms with E-state index in [1.807, 2.05) is 24.4 Å². The molecule has 25 heavy (non-hydrogen) atoms. The van der Waals surface area contributed by atoms with Crippen molar-refractivity contribution in [3.63, 3.8) is 0 Å². The van der Waals surface area contributed by atoms with Gasteiger partial charge in [-0.1, -0.05) is 23.8 Å². The largest absolute Gasteiger partial charge is 0.308 e. The number of hydrogen-bond acceptors (Lipinski definition) is 3. The molecule has 4 rings (SSSR count). The lowest BCUT2D eigenvalue weighted by Gasteiger charge is -2.10. The lowest BCUT2D eigenvalue weighted by atomic mass is 10.1. The topological polar surface area (TPSA) is 52.2 Å². The SMILES string of the molecule is Cc1ccc(C)c(Cn2ccn3nc(-c4cccnc4)cc3c2=O)c1. The number of pyridine rings is 1. The third kappa shape index (κ3) is 2.85. The van der Waals surface area contributed by atoms with Crippen molar-refractivity contribution in [1.29, 1.82) is 0 Å². The van der Waals surface area contributed by atoms with E-state index in [0.29, 0.717) is 12.1 Å². The zero-order chi connectivity index (χ0) is 17.4. The standard InChI is InChI=1S/C20H18N4O/c1-14-5-6-15(2)17(10-14)13-23-8-9-24-19(20(23)25)11-18(22-24)16-4-3-7-21-12-16/h3-12H,13H2,1-2H3. The van der Waals surface area contributed by atoms with Gasteiger partial charge in [-0.25, -0.2) is 4.52 Å². The molecule has 0 saturated heterocycles. The van der Waals surface area contributed by atoms with Crippen molar-refractivity contribution < 1.29 is 0 Å². The maximum Gasteiger partial charge on any atom is 0.276 e. The number of fused-ring (bicyclic) bond motifs is 1. The first-order valence-electron chi connectivity index (χ1n) is 8.17. The zero-order valence-electron chi connectivity index (χ0n) is 14.2. The summed E-state index contributed by atoms with van der Waals surface area (Å²) in [5.41, 5.74) is 5.68. The summed E-state index contributed by atoms with van der Waals surface area (Å²) in [5.74, 6) is 0. The normalized spacial score (nSPS) is 11.1. The van der Waals surface area contributed by atoms with Crippen LogP contribution in [0.5, 0.6) is 0 Å². The minimum Gasteiger partial charge on any atom is -0.308 e. The third-order valence-electron chi connectivity index (χ3n) is 4.41. The Bertz CT molecular complexity index is 1110. The molecule has 0 aliphatic heterocycles. The second kappa shape index (κ2) is 6.02. The highest BCUT2D eigenvalue weighted by Crippen LogP contribution is 2.17. The predicted molar refractivity (Wildman–Crippen MR) is 97.7 cm³/mol. The summed E-state index contributed by atoms with van der Waals surface area (Å²) in [5, 5.41) is 4.49. The van der Waals surface area contributed by atoms with E-state index < -0.39 is 0 Å². The number of nitrogens with zero attached hydrogens (tertiary/aromatic N) is 4. The van der Waals surface area contributed by atoms with E-state index in [1.54, 1.807) is 27.7 Å². The smallest absolute Gasteiger partial charge is 0.276 e. The fraction of sp³-hybridized carbons (Fsp3) is 0.150. The second-order valence-electron chi connectivity index (χ2n) is 6.26. The van der Waals surface area contributed by atoms with Crippen LogP contribution >= 0.6 is 0 Å². The lowest BCUT2D eigenvalue weighted by Crippen LogP contribution is -2.22. The summed E-state index contributed by atoms with van der Waals surface area (Å²) in [6.07, 6.45) is 7.08. The van der Waals surface area contributed by atoms with Crippen molar-refractivity contribution in [3.05, 3.63) is 88.2 Å². The molecule has 0 N–H and O–H groups in total. The summed E-state index contributed by atoms with van der Waals surface area (Å²) in [6, 6.07) is 11.9. The molecule has 124 valence electrons. The molecule has 0 amide bonds. The minimum absolute atomic E-state index is 0.0500. The van der Waals surface area contributed by atoms with Crippen LogP contribution in [0.1, 0.15) is 16.7 Å². The number of aryl methyl sites for hydroxylation is 2. The molecule has 5 heteroatoms. The van der Waals surface area contributed by atoms with Gasteiger partial charge in [-0.3, -0.25) is 9.78 Å². The first kappa shape index (κ1) is 15.3. The van der Waals surface area contributed by atoms with Gasteiger partial charge >= 0.3 is 0 Å². The quantitative estimate of drug-likeness (QED) is 0.579. The Morgan fingerprint density at radius 2 is 1.96 bits per heavy atom. The lowest BCUT2D eigenvalue weighted by molar-refractivity contribution is 0.739. The summed E-state index contributed by atoms with van der Waals surface area (Å²) in [4.78, 5) is 17.0. The van der Waals surface area contributed by atoms with E-state index >= 15 is 0 Å². The Hall–Kier alpha value is -3.21. The van der Waals surface area contributed by atoms with Crippen LogP contribution in [0.2, 0.25) is 0 Å². The molecule has 0 unspecified atom stereocenters. The Labute approximate surface area is 145 Å². The van der Waals surface area contributed by atoms with Crippen LogP contribution in [0.4, 0.5) is 0 Å². The van der Waals surface area contributed by atoms with Crippen LogP contribution in [-0.4, -0.2) is 19.2 Å². The highest BCUT2D eigenvalue weighted by atomic mass is 16.1. The molecule has 0 radical (unpaired) electrons. The van der Waals surface area contributed by atoms with Gasteiger partial charge in [-0.2, -0.15) is 5.10 Å². The Kier molecular flexibility index (Phi) is 3.69. The van der Waals surface area contributed by atoms with Gasteiger partial charge in [-0.15, -0.1) is 0 Å². The molecule has 3 heterocycles. The molecular weight excluding hydrogens is 312 g/mol. The summed E-state index contributed by atoms with van der Waals surface area (Å²) in [7, 11) is 0. The van der Waals surface area contributed by atoms with E-state index in [-0.39, 0.29) is 5.56 Å². The van der Waals surface area contributed by atoms with Crippen molar-refractivity contribution >= 4 is 5.52 Å². The number of rotatable bonds is 3. The van der Waals surface area contributed by atoms with Gasteiger partial charge in [-0.05, 0) is 43.2 Å². The molecule has 0 spiro atoms. The zero-order valence-corrected chi connectivity index (χ0v) is 14.2. The second-order valence-corrected chi connectivity index (χ2v) is 6.26. The monoisotopic (exact) mass is 330 g/mol. The van der Waals surface area contributed by atoms with Crippen molar-refractivity contribution in [1.82, 2.24) is 19.2 Å². The maximum absolute atomic E-state index is 12.9. The molecule has 0 atom stereocenters. The molecule has 4 aromatic rings. The molecule has 0 fully saturated rings. The summed E-state index contributed by atoms with van der Waals surface area (Å²) >= 11 is 0. The fourth-order valence-corrected chi connectivity index (χ4v) is 2.96. The fourth-order valence-electron chi connectivity index (χ4n) is 2.96. The number of aromatic nitrogens is 4. The third-order valence-corrected chi connectivity index (χ3v) is 4.41. The van der Waals surface area contributed by atoms with E-state index in [1.165, 1.54) is 11.1 Å². The van der Waals surface area contributed by atoms with E-state index in [9.17, 15) is 4.79 Å². The van der Waals surface area contributed by atoms with Gasteiger partial charge in [0.15, 0.2) is 0 Å². The van der Waals surface area contributed by atoms with Crippen molar-refractivity contribution in [2.24, 2.45) is 0 Å². The molecule has 0 aliphatic rings. The van der Waals surface area contributed by atoms with Crippen LogP contribution in [0.15, 0.2) is 66.0 Å². The van der Waals surface area contributed by atoms with Gasteiger partial charge in [0.25, 0.3) is 5.56 Å². The van der Waals surface area contributed by atoms with Gasteiger partial charge in [0.05, 0.1) is 12.2 Å². The molecule has 0 aliphatic carbocycles. The molecular formula is C20H18N4O. The van der Waals surface area contributed by atoms with Gasteiger partial charge in [0.1, 0.15) is 5.52 Å². The Balaban J connectivity index is 1.78.